The fraction of sp³-hybridized carbons (Fsp3) is 0.406. The minimum atomic E-state index is -1.14. The Hall–Kier alpha value is -3.96. The number of nitrogens with zero attached hydrogens (tertiary/aromatic N) is 5. The molecule has 0 radical (unpaired) electrons. The Balaban J connectivity index is 1.27. The van der Waals surface area contributed by atoms with Crippen molar-refractivity contribution < 1.29 is 23.0 Å². The zero-order valence-electron chi connectivity index (χ0n) is 23.5. The van der Waals surface area contributed by atoms with E-state index in [0.29, 0.717) is 43.0 Å². The van der Waals surface area contributed by atoms with Gasteiger partial charge in [-0.1, -0.05) is 18.2 Å². The second-order valence-electron chi connectivity index (χ2n) is 12.5. The molecule has 2 aromatic heterocycles. The lowest BCUT2D eigenvalue weighted by molar-refractivity contribution is 0.108. The van der Waals surface area contributed by atoms with E-state index in [1.165, 1.54) is 30.0 Å². The van der Waals surface area contributed by atoms with Crippen LogP contribution in [0, 0.1) is 17.5 Å². The van der Waals surface area contributed by atoms with Gasteiger partial charge in [0.1, 0.15) is 29.4 Å². The molecule has 3 unspecified atom stereocenters. The zero-order valence-corrected chi connectivity index (χ0v) is 23.5. The van der Waals surface area contributed by atoms with Gasteiger partial charge in [-0.25, -0.2) is 13.2 Å². The fourth-order valence-electron chi connectivity index (χ4n) is 7.70. The molecule has 4 aromatic rings. The van der Waals surface area contributed by atoms with Gasteiger partial charge in [-0.2, -0.15) is 9.97 Å². The van der Waals surface area contributed by atoms with E-state index in [0.717, 1.165) is 51.3 Å². The lowest BCUT2D eigenvalue weighted by Crippen LogP contribution is -2.51. The van der Waals surface area contributed by atoms with Gasteiger partial charge in [0.2, 0.25) is 0 Å². The van der Waals surface area contributed by atoms with Gasteiger partial charge in [0.05, 0.1) is 10.9 Å². The lowest BCUT2D eigenvalue weighted by atomic mass is 9.94. The third-order valence-electron chi connectivity index (χ3n) is 9.61. The van der Waals surface area contributed by atoms with Crippen molar-refractivity contribution in [2.75, 3.05) is 37.7 Å². The van der Waals surface area contributed by atoms with E-state index in [-0.39, 0.29) is 44.8 Å². The number of aromatic nitrogens is 3. The van der Waals surface area contributed by atoms with Crippen molar-refractivity contribution in [3.8, 4) is 23.0 Å². The summed E-state index contributed by atoms with van der Waals surface area (Å²) < 4.78 is 52.3. The predicted molar refractivity (Wildman–Crippen MR) is 157 cm³/mol. The highest BCUT2D eigenvalue weighted by molar-refractivity contribution is 6.00. The first-order chi connectivity index (χ1) is 20.8. The quantitative estimate of drug-likeness (QED) is 0.312. The maximum Gasteiger partial charge on any atom is 0.319 e. The van der Waals surface area contributed by atoms with E-state index >= 15 is 8.78 Å². The number of anilines is 1. The first-order valence-electron chi connectivity index (χ1n) is 14.8. The van der Waals surface area contributed by atoms with Crippen LogP contribution in [0.5, 0.6) is 11.8 Å². The summed E-state index contributed by atoms with van der Waals surface area (Å²) in [7, 11) is 0. The summed E-state index contributed by atoms with van der Waals surface area (Å²) in [6.45, 7) is 7.77. The number of hydrogen-bond donors (Lipinski definition) is 2. The molecule has 8 rings (SSSR count). The number of aromatic hydroxyl groups is 1. The minimum absolute atomic E-state index is 0.0270. The highest BCUT2D eigenvalue weighted by atomic mass is 19.2. The monoisotopic (exact) mass is 588 g/mol. The SMILES string of the molecule is C=C1CN2CCCC2(COc2nc(N3CC4CCC(C3)N4)c3cnc(-c4cc(O)cc5ccc(F)c(F)c45)c(F)c3n2)C1. The van der Waals surface area contributed by atoms with E-state index < -0.39 is 17.5 Å². The van der Waals surface area contributed by atoms with Crippen molar-refractivity contribution >= 4 is 27.5 Å². The highest BCUT2D eigenvalue weighted by Gasteiger charge is 2.46. The largest absolute Gasteiger partial charge is 0.508 e. The molecule has 3 atom stereocenters. The Kier molecular flexibility index (Phi) is 6.06. The molecule has 43 heavy (non-hydrogen) atoms. The van der Waals surface area contributed by atoms with Crippen molar-refractivity contribution in [2.45, 2.75) is 49.7 Å². The molecule has 4 fully saturated rings. The second-order valence-corrected chi connectivity index (χ2v) is 12.5. The second kappa shape index (κ2) is 9.78. The van der Waals surface area contributed by atoms with Crippen molar-refractivity contribution in [3.05, 3.63) is 60.1 Å². The van der Waals surface area contributed by atoms with Crippen molar-refractivity contribution in [1.29, 1.82) is 0 Å². The third kappa shape index (κ3) is 4.31. The summed E-state index contributed by atoms with van der Waals surface area (Å²) in [5.74, 6) is -2.74. The predicted octanol–water partition coefficient (Wildman–Crippen LogP) is 5.08. The van der Waals surface area contributed by atoms with Crippen LogP contribution in [0.2, 0.25) is 0 Å². The van der Waals surface area contributed by atoms with Crippen LogP contribution in [-0.4, -0.2) is 75.4 Å². The van der Waals surface area contributed by atoms with Gasteiger partial charge in [0.25, 0.3) is 0 Å². The molecular formula is C32H31F3N6O2. The minimum Gasteiger partial charge on any atom is -0.508 e. The number of halogens is 3. The number of pyridine rings is 1. The number of nitrogens with one attached hydrogen (secondary N) is 1. The summed E-state index contributed by atoms with van der Waals surface area (Å²) in [5.41, 5.74) is 0.651. The molecule has 6 heterocycles. The lowest BCUT2D eigenvalue weighted by Gasteiger charge is -2.34. The van der Waals surface area contributed by atoms with Crippen LogP contribution >= 0.6 is 0 Å². The van der Waals surface area contributed by atoms with Crippen LogP contribution in [0.25, 0.3) is 32.9 Å². The molecule has 2 bridgehead atoms. The number of rotatable bonds is 5. The number of ether oxygens (including phenoxy) is 1. The van der Waals surface area contributed by atoms with Crippen LogP contribution in [0.4, 0.5) is 19.0 Å². The molecular weight excluding hydrogens is 557 g/mol. The van der Waals surface area contributed by atoms with E-state index in [1.807, 2.05) is 0 Å². The normalized spacial score (nSPS) is 25.3. The molecule has 0 aliphatic carbocycles. The molecule has 11 heteroatoms. The van der Waals surface area contributed by atoms with E-state index in [9.17, 15) is 9.50 Å². The van der Waals surface area contributed by atoms with Crippen LogP contribution in [0.15, 0.2) is 42.6 Å². The number of phenols is 1. The highest BCUT2D eigenvalue weighted by Crippen LogP contribution is 2.42. The summed E-state index contributed by atoms with van der Waals surface area (Å²) in [6.07, 6.45) is 6.47. The standard InChI is InChI=1S/C32H31F3N6O2/c1-17-11-32(7-2-8-41(32)13-17)16-43-31-38-29-23(30(39-31)40-14-19-4-5-20(15-40)37-19)12-36-28(27(29)35)22-10-21(42)9-18-3-6-24(33)26(34)25(18)22/h3,6,9-10,12,19-20,37,42H,1-2,4-5,7-8,11,13-16H2. The maximum absolute atomic E-state index is 16.6. The summed E-state index contributed by atoms with van der Waals surface area (Å²) >= 11 is 0. The molecule has 4 aliphatic heterocycles. The Bertz CT molecular complexity index is 1810. The van der Waals surface area contributed by atoms with Gasteiger partial charge in [0, 0.05) is 48.9 Å². The van der Waals surface area contributed by atoms with Gasteiger partial charge in [-0.05, 0) is 62.2 Å². The van der Waals surface area contributed by atoms with Crippen molar-refractivity contribution in [1.82, 2.24) is 25.2 Å². The zero-order chi connectivity index (χ0) is 29.5. The molecule has 4 saturated heterocycles. The van der Waals surface area contributed by atoms with Crippen LogP contribution in [-0.2, 0) is 0 Å². The van der Waals surface area contributed by atoms with E-state index in [2.05, 4.69) is 31.7 Å². The first kappa shape index (κ1) is 26.7. The van der Waals surface area contributed by atoms with Crippen molar-refractivity contribution in [3.63, 3.8) is 0 Å². The van der Waals surface area contributed by atoms with Gasteiger partial charge in [0.15, 0.2) is 17.5 Å². The van der Waals surface area contributed by atoms with Crippen LogP contribution < -0.4 is 15.0 Å². The number of hydrogen-bond acceptors (Lipinski definition) is 8. The Morgan fingerprint density at radius 1 is 1.09 bits per heavy atom. The molecule has 8 nitrogen and oxygen atoms in total. The molecule has 0 amide bonds. The molecule has 0 saturated carbocycles. The Labute approximate surface area is 246 Å². The van der Waals surface area contributed by atoms with Crippen molar-refractivity contribution in [2.24, 2.45) is 0 Å². The number of fused-ring (bicyclic) bond motifs is 5. The maximum atomic E-state index is 16.6. The van der Waals surface area contributed by atoms with Gasteiger partial charge < -0.3 is 20.1 Å². The van der Waals surface area contributed by atoms with Crippen LogP contribution in [0.3, 0.4) is 0 Å². The summed E-state index contributed by atoms with van der Waals surface area (Å²) in [6, 6.07) is 5.46. The summed E-state index contributed by atoms with van der Waals surface area (Å²) in [5, 5.41) is 14.4. The Morgan fingerprint density at radius 2 is 1.91 bits per heavy atom. The third-order valence-corrected chi connectivity index (χ3v) is 9.61. The molecule has 222 valence electrons. The van der Waals surface area contributed by atoms with Gasteiger partial charge >= 0.3 is 6.01 Å². The topological polar surface area (TPSA) is 86.6 Å². The average molecular weight is 589 g/mol. The number of phenolic OH excluding ortho intramolecular Hbond substituents is 1. The smallest absolute Gasteiger partial charge is 0.319 e. The van der Waals surface area contributed by atoms with Crippen LogP contribution in [0.1, 0.15) is 32.1 Å². The number of benzene rings is 2. The average Bonchev–Trinajstić information content (AvgIpc) is 3.63. The molecule has 2 N–H and O–H groups in total. The summed E-state index contributed by atoms with van der Waals surface area (Å²) in [4.78, 5) is 18.3. The van der Waals surface area contributed by atoms with E-state index in [4.69, 9.17) is 9.72 Å². The molecule has 2 aromatic carbocycles. The molecule has 0 spiro atoms. The fourth-order valence-corrected chi connectivity index (χ4v) is 7.70. The Morgan fingerprint density at radius 3 is 2.72 bits per heavy atom. The number of piperazine rings is 1. The van der Waals surface area contributed by atoms with E-state index in [1.54, 1.807) is 0 Å². The van der Waals surface area contributed by atoms with Gasteiger partial charge in [-0.15, -0.1) is 0 Å². The molecule has 4 aliphatic rings. The van der Waals surface area contributed by atoms with Gasteiger partial charge in [-0.3, -0.25) is 9.88 Å². The first-order valence-corrected chi connectivity index (χ1v) is 14.8.